The minimum Gasteiger partial charge on any atom is -0.446 e. The van der Waals surface area contributed by atoms with Gasteiger partial charge in [0, 0.05) is 13.1 Å². The van der Waals surface area contributed by atoms with Crippen molar-refractivity contribution in [2.24, 2.45) is 28.9 Å². The Kier molecular flexibility index (Phi) is 4.23. The van der Waals surface area contributed by atoms with Crippen molar-refractivity contribution in [1.29, 1.82) is 0 Å². The van der Waals surface area contributed by atoms with Crippen LogP contribution in [0.15, 0.2) is 23.0 Å². The van der Waals surface area contributed by atoms with Crippen LogP contribution in [0, 0.1) is 29.0 Å². The van der Waals surface area contributed by atoms with Crippen molar-refractivity contribution < 1.29 is 18.7 Å². The highest BCUT2D eigenvalue weighted by atomic mass is 19.1. The average Bonchev–Trinajstić information content (AvgIpc) is 3.33. The van der Waals surface area contributed by atoms with Gasteiger partial charge >= 0.3 is 11.8 Å². The van der Waals surface area contributed by atoms with Crippen molar-refractivity contribution in [2.45, 2.75) is 50.7 Å². The number of nitrogens with one attached hydrogen (secondary N) is 1. The van der Waals surface area contributed by atoms with E-state index >= 15 is 0 Å². The maximum atomic E-state index is 13.5. The second-order valence-corrected chi connectivity index (χ2v) is 10.3. The summed E-state index contributed by atoms with van der Waals surface area (Å²) >= 11 is 0. The molecule has 1 saturated heterocycles. The molecule has 0 radical (unpaired) electrons. The van der Waals surface area contributed by atoms with Gasteiger partial charge < -0.3 is 20.4 Å². The summed E-state index contributed by atoms with van der Waals surface area (Å²) in [5.74, 6) is 0.290. The largest absolute Gasteiger partial charge is 0.446 e. The van der Waals surface area contributed by atoms with Crippen LogP contribution >= 0.6 is 0 Å². The van der Waals surface area contributed by atoms with Crippen LogP contribution in [0.3, 0.4) is 0 Å². The third-order valence-corrected chi connectivity index (χ3v) is 8.41. The maximum absolute atomic E-state index is 13.5. The highest BCUT2D eigenvalue weighted by molar-refractivity contribution is 5.81. The van der Waals surface area contributed by atoms with Gasteiger partial charge in [0.1, 0.15) is 11.9 Å². The number of carbonyl (C=O) groups excluding carboxylic acids is 2. The van der Waals surface area contributed by atoms with Gasteiger partial charge in [-0.05, 0) is 74.5 Å². The molecule has 3 N–H and O–H groups in total. The van der Waals surface area contributed by atoms with Crippen LogP contribution in [-0.4, -0.2) is 45.6 Å². The quantitative estimate of drug-likeness (QED) is 0.761. The molecule has 1 aliphatic heterocycles. The number of nitrogens with two attached hydrogens (primary N) is 1. The number of imidazole rings is 1. The topological polar surface area (TPSA) is 110 Å². The van der Waals surface area contributed by atoms with Crippen molar-refractivity contribution in [1.82, 2.24) is 14.5 Å². The summed E-state index contributed by atoms with van der Waals surface area (Å²) in [5.41, 5.74) is 6.13. The molecule has 2 amide bonds. The van der Waals surface area contributed by atoms with Gasteiger partial charge in [-0.3, -0.25) is 9.36 Å². The molecule has 170 valence electrons. The van der Waals surface area contributed by atoms with E-state index in [1.165, 1.54) is 12.1 Å². The number of primary amides is 1. The first kappa shape index (κ1) is 19.8. The molecule has 5 aliphatic rings. The number of likely N-dealkylation sites (tertiary alicyclic amines) is 1. The molecule has 8 nitrogen and oxygen atoms in total. The minimum absolute atomic E-state index is 0.163. The van der Waals surface area contributed by atoms with E-state index in [1.54, 1.807) is 15.5 Å². The van der Waals surface area contributed by atoms with Gasteiger partial charge in [0.05, 0.1) is 22.5 Å². The Bertz CT molecular complexity index is 1160. The minimum atomic E-state index is -0.409. The molecular formula is C23H27FN4O4. The predicted octanol–water partition coefficient (Wildman–Crippen LogP) is 2.53. The fourth-order valence-corrected chi connectivity index (χ4v) is 7.25. The number of hydrogen-bond donors (Lipinski definition) is 2. The molecule has 0 spiro atoms. The Balaban J connectivity index is 1.16. The molecular weight excluding hydrogens is 415 g/mol. The number of H-pyrrole nitrogens is 1. The van der Waals surface area contributed by atoms with Gasteiger partial charge in [-0.2, -0.15) is 0 Å². The molecule has 3 unspecified atom stereocenters. The van der Waals surface area contributed by atoms with Crippen LogP contribution in [0.4, 0.5) is 9.18 Å². The van der Waals surface area contributed by atoms with Crippen LogP contribution in [0.2, 0.25) is 0 Å². The number of fused-ring (bicyclic) bond motifs is 1. The first-order valence-corrected chi connectivity index (χ1v) is 11.5. The number of nitrogens with zero attached hydrogens (tertiary/aromatic N) is 2. The number of aromatic nitrogens is 2. The van der Waals surface area contributed by atoms with Gasteiger partial charge in [0.2, 0.25) is 5.91 Å². The summed E-state index contributed by atoms with van der Waals surface area (Å²) in [6, 6.07) is 4.04. The number of carbonyl (C=O) groups is 2. The molecule has 7 rings (SSSR count). The monoisotopic (exact) mass is 442 g/mol. The average molecular weight is 442 g/mol. The van der Waals surface area contributed by atoms with E-state index in [9.17, 15) is 18.8 Å². The van der Waals surface area contributed by atoms with Crippen molar-refractivity contribution in [2.75, 3.05) is 13.1 Å². The molecule has 1 aromatic heterocycles. The van der Waals surface area contributed by atoms with Crippen molar-refractivity contribution in [3.63, 3.8) is 0 Å². The molecule has 4 aliphatic carbocycles. The van der Waals surface area contributed by atoms with Crippen molar-refractivity contribution >= 4 is 23.0 Å². The zero-order valence-corrected chi connectivity index (χ0v) is 17.8. The molecule has 1 aromatic carbocycles. The van der Waals surface area contributed by atoms with Gasteiger partial charge in [-0.25, -0.2) is 14.0 Å². The van der Waals surface area contributed by atoms with E-state index in [4.69, 9.17) is 10.5 Å². The highest BCUT2D eigenvalue weighted by Gasteiger charge is 2.59. The highest BCUT2D eigenvalue weighted by Crippen LogP contribution is 2.60. The van der Waals surface area contributed by atoms with E-state index in [-0.39, 0.29) is 41.7 Å². The Hall–Kier alpha value is -2.84. The fraction of sp³-hybridized carbons (Fsp3) is 0.609. The number of benzene rings is 1. The smallest absolute Gasteiger partial charge is 0.410 e. The molecule has 4 bridgehead atoms. The predicted molar refractivity (Wildman–Crippen MR) is 113 cm³/mol. The van der Waals surface area contributed by atoms with Crippen molar-refractivity contribution in [3.05, 3.63) is 34.5 Å². The molecule has 2 aromatic rings. The molecule has 32 heavy (non-hydrogen) atoms. The number of rotatable bonds is 3. The summed E-state index contributed by atoms with van der Waals surface area (Å²) in [4.78, 5) is 42.0. The van der Waals surface area contributed by atoms with Crippen LogP contribution in [-0.2, 0) is 9.53 Å². The SMILES string of the molecule is NC(=O)C12CC3CC(C1)C(OC(=O)N1CCC(n4c(=O)[nH]c5cc(F)ccc54)C1)C(C3)C2. The lowest BCUT2D eigenvalue weighted by molar-refractivity contribution is -0.161. The van der Waals surface area contributed by atoms with Crippen LogP contribution in [0.25, 0.3) is 11.0 Å². The van der Waals surface area contributed by atoms with Gasteiger partial charge in [-0.1, -0.05) is 0 Å². The summed E-state index contributed by atoms with van der Waals surface area (Å²) < 4.78 is 21.1. The zero-order chi connectivity index (χ0) is 22.2. The van der Waals surface area contributed by atoms with Crippen LogP contribution in [0.5, 0.6) is 0 Å². The Morgan fingerprint density at radius 1 is 1.19 bits per heavy atom. The Morgan fingerprint density at radius 2 is 1.94 bits per heavy atom. The third kappa shape index (κ3) is 2.89. The zero-order valence-electron chi connectivity index (χ0n) is 17.8. The summed E-state index contributed by atoms with van der Waals surface area (Å²) in [6.07, 6.45) is 4.42. The first-order chi connectivity index (χ1) is 15.3. The fourth-order valence-electron chi connectivity index (χ4n) is 7.25. The van der Waals surface area contributed by atoms with Crippen LogP contribution in [0.1, 0.15) is 44.6 Å². The third-order valence-electron chi connectivity index (χ3n) is 8.41. The maximum Gasteiger partial charge on any atom is 0.410 e. The lowest BCUT2D eigenvalue weighted by Crippen LogP contribution is -2.59. The Morgan fingerprint density at radius 3 is 2.66 bits per heavy atom. The number of ether oxygens (including phenoxy) is 1. The molecule has 2 heterocycles. The van der Waals surface area contributed by atoms with E-state index in [0.29, 0.717) is 36.5 Å². The lowest BCUT2D eigenvalue weighted by Gasteiger charge is -2.58. The number of hydrogen-bond acceptors (Lipinski definition) is 4. The number of aromatic amines is 1. The van der Waals surface area contributed by atoms with Gasteiger partial charge in [0.15, 0.2) is 0 Å². The van der Waals surface area contributed by atoms with Crippen molar-refractivity contribution in [3.8, 4) is 0 Å². The second-order valence-electron chi connectivity index (χ2n) is 10.3. The van der Waals surface area contributed by atoms with Gasteiger partial charge in [-0.15, -0.1) is 0 Å². The molecule has 5 fully saturated rings. The summed E-state index contributed by atoms with van der Waals surface area (Å²) in [7, 11) is 0. The van der Waals surface area contributed by atoms with E-state index in [0.717, 1.165) is 32.1 Å². The molecule has 4 saturated carbocycles. The van der Waals surface area contributed by atoms with E-state index < -0.39 is 11.2 Å². The first-order valence-electron chi connectivity index (χ1n) is 11.5. The summed E-state index contributed by atoms with van der Waals surface area (Å²) in [5, 5.41) is 0. The van der Waals surface area contributed by atoms with E-state index in [1.807, 2.05) is 0 Å². The number of halogens is 1. The molecule has 3 atom stereocenters. The van der Waals surface area contributed by atoms with Gasteiger partial charge in [0.25, 0.3) is 0 Å². The van der Waals surface area contributed by atoms with Crippen LogP contribution < -0.4 is 11.4 Å². The normalized spacial score (nSPS) is 35.5. The molecule has 9 heteroatoms. The standard InChI is InChI=1S/C23H27FN4O4/c24-15-1-2-18-17(7-15)26-21(30)28(18)16-3-4-27(11-16)22(31)32-19-13-5-12-6-14(19)10-23(8-12,9-13)20(25)29/h1-2,7,12-14,16,19H,3-6,8-11H2,(H2,25,29)(H,26,30). The second kappa shape index (κ2) is 6.83. The number of amides is 2. The van der Waals surface area contributed by atoms with E-state index in [2.05, 4.69) is 4.98 Å². The summed E-state index contributed by atoms with van der Waals surface area (Å²) in [6.45, 7) is 0.874. The Labute approximate surface area is 183 Å². The lowest BCUT2D eigenvalue weighted by atomic mass is 9.48.